The molecule has 0 amide bonds. The van der Waals surface area contributed by atoms with Gasteiger partial charge in [-0.1, -0.05) is 18.2 Å². The second-order valence-electron chi connectivity index (χ2n) is 7.90. The van der Waals surface area contributed by atoms with Crippen molar-refractivity contribution in [3.63, 3.8) is 0 Å². The molecular weight excluding hydrogens is 460 g/mol. The maximum Gasteiger partial charge on any atom is 0.186 e. The van der Waals surface area contributed by atoms with Gasteiger partial charge in [-0.25, -0.2) is 37.2 Å². The van der Waals surface area contributed by atoms with Crippen molar-refractivity contribution in [2.45, 2.75) is 20.0 Å². The number of hydrogen-bond donors (Lipinski definition) is 1. The highest BCUT2D eigenvalue weighted by atomic mass is 19.1. The highest BCUT2D eigenvalue weighted by molar-refractivity contribution is 5.89. The standard InChI is InChI=1S/C25H18F4N6/c1-14-21(29)23(31-12-15-9-17(26)11-18(27)10-15)33-24(32-14)22-19-6-4-8-30-25(19)35(34-22)13-16-5-2-3-7-20(16)28/h2-11H,12-13H2,1H3,(H,31,32,33). The van der Waals surface area contributed by atoms with Gasteiger partial charge in [-0.2, -0.15) is 5.10 Å². The van der Waals surface area contributed by atoms with E-state index in [4.69, 9.17) is 0 Å². The van der Waals surface area contributed by atoms with Crippen LogP contribution in [0.1, 0.15) is 16.8 Å². The SMILES string of the molecule is Cc1nc(-c2nn(Cc3ccccc3F)c3ncccc23)nc(NCc2cc(F)cc(F)c2)c1F. The zero-order valence-electron chi connectivity index (χ0n) is 18.4. The third kappa shape index (κ3) is 4.54. The lowest BCUT2D eigenvalue weighted by Crippen LogP contribution is -2.09. The van der Waals surface area contributed by atoms with Gasteiger partial charge in [0.05, 0.1) is 17.6 Å². The second-order valence-corrected chi connectivity index (χ2v) is 7.90. The topological polar surface area (TPSA) is 68.5 Å². The molecule has 1 N–H and O–H groups in total. The van der Waals surface area contributed by atoms with E-state index in [0.29, 0.717) is 22.3 Å². The van der Waals surface area contributed by atoms with Crippen LogP contribution < -0.4 is 5.32 Å². The van der Waals surface area contributed by atoms with E-state index in [0.717, 1.165) is 18.2 Å². The molecule has 0 aliphatic rings. The molecule has 5 aromatic rings. The minimum atomic E-state index is -0.735. The van der Waals surface area contributed by atoms with E-state index in [-0.39, 0.29) is 41.8 Å². The summed E-state index contributed by atoms with van der Waals surface area (Å²) >= 11 is 0. The van der Waals surface area contributed by atoms with Gasteiger partial charge in [0, 0.05) is 24.4 Å². The van der Waals surface area contributed by atoms with Crippen LogP contribution >= 0.6 is 0 Å². The third-order valence-electron chi connectivity index (χ3n) is 5.40. The lowest BCUT2D eigenvalue weighted by molar-refractivity contribution is 0.580. The summed E-state index contributed by atoms with van der Waals surface area (Å²) in [6.07, 6.45) is 1.59. The van der Waals surface area contributed by atoms with E-state index in [2.05, 4.69) is 25.4 Å². The minimum absolute atomic E-state index is 0.0589. The number of aromatic nitrogens is 5. The van der Waals surface area contributed by atoms with Gasteiger partial charge in [0.2, 0.25) is 0 Å². The first-order valence-corrected chi connectivity index (χ1v) is 10.7. The maximum absolute atomic E-state index is 14.8. The average molecular weight is 478 g/mol. The Morgan fingerprint density at radius 1 is 0.914 bits per heavy atom. The van der Waals surface area contributed by atoms with E-state index in [1.807, 2.05) is 0 Å². The smallest absolute Gasteiger partial charge is 0.186 e. The number of hydrogen-bond acceptors (Lipinski definition) is 5. The van der Waals surface area contributed by atoms with Crippen molar-refractivity contribution < 1.29 is 17.6 Å². The largest absolute Gasteiger partial charge is 0.363 e. The number of nitrogens with zero attached hydrogens (tertiary/aromatic N) is 5. The van der Waals surface area contributed by atoms with E-state index in [9.17, 15) is 17.6 Å². The van der Waals surface area contributed by atoms with Crippen LogP contribution in [-0.4, -0.2) is 24.7 Å². The molecule has 0 aliphatic carbocycles. The van der Waals surface area contributed by atoms with Gasteiger partial charge >= 0.3 is 0 Å². The van der Waals surface area contributed by atoms with E-state index < -0.39 is 17.5 Å². The zero-order valence-corrected chi connectivity index (χ0v) is 18.4. The highest BCUT2D eigenvalue weighted by Crippen LogP contribution is 2.28. The van der Waals surface area contributed by atoms with Gasteiger partial charge in [0.1, 0.15) is 23.1 Å². The molecule has 0 radical (unpaired) electrons. The van der Waals surface area contributed by atoms with Crippen molar-refractivity contribution in [2.24, 2.45) is 0 Å². The Morgan fingerprint density at radius 3 is 2.46 bits per heavy atom. The van der Waals surface area contributed by atoms with Crippen molar-refractivity contribution in [2.75, 3.05) is 5.32 Å². The molecule has 0 fully saturated rings. The van der Waals surface area contributed by atoms with Gasteiger partial charge in [0.25, 0.3) is 0 Å². The average Bonchev–Trinajstić information content (AvgIpc) is 3.19. The summed E-state index contributed by atoms with van der Waals surface area (Å²) in [6, 6.07) is 12.9. The molecule has 3 heterocycles. The number of anilines is 1. The Balaban J connectivity index is 1.53. The van der Waals surface area contributed by atoms with Crippen LogP contribution in [0, 0.1) is 30.2 Å². The molecule has 0 aliphatic heterocycles. The van der Waals surface area contributed by atoms with Crippen molar-refractivity contribution >= 4 is 16.9 Å². The third-order valence-corrected chi connectivity index (χ3v) is 5.40. The number of aryl methyl sites for hydroxylation is 1. The van der Waals surface area contributed by atoms with Crippen LogP contribution in [-0.2, 0) is 13.1 Å². The molecule has 0 unspecified atom stereocenters. The lowest BCUT2D eigenvalue weighted by atomic mass is 10.2. The molecule has 6 nitrogen and oxygen atoms in total. The van der Waals surface area contributed by atoms with Crippen LogP contribution in [0.15, 0.2) is 60.8 Å². The van der Waals surface area contributed by atoms with Gasteiger partial charge in [0.15, 0.2) is 23.1 Å². The van der Waals surface area contributed by atoms with Crippen molar-refractivity contribution in [1.29, 1.82) is 0 Å². The molecular formula is C25H18F4N6. The van der Waals surface area contributed by atoms with Crippen molar-refractivity contribution in [3.8, 4) is 11.5 Å². The maximum atomic E-state index is 14.8. The molecule has 3 aromatic heterocycles. The van der Waals surface area contributed by atoms with Gasteiger partial charge < -0.3 is 5.32 Å². The van der Waals surface area contributed by atoms with Crippen molar-refractivity contribution in [3.05, 3.63) is 101 Å². The van der Waals surface area contributed by atoms with Crippen LogP contribution in [0.3, 0.4) is 0 Å². The normalized spacial score (nSPS) is 11.2. The van der Waals surface area contributed by atoms with E-state index in [1.54, 1.807) is 36.5 Å². The van der Waals surface area contributed by atoms with Crippen LogP contribution in [0.5, 0.6) is 0 Å². The Kier molecular flexibility index (Phi) is 5.86. The Bertz CT molecular complexity index is 1530. The second kappa shape index (κ2) is 9.13. The summed E-state index contributed by atoms with van der Waals surface area (Å²) in [5.74, 6) is -2.55. The molecule has 5 rings (SSSR count). The van der Waals surface area contributed by atoms with Crippen LogP contribution in [0.25, 0.3) is 22.6 Å². The molecule has 0 atom stereocenters. The summed E-state index contributed by atoms with van der Waals surface area (Å²) in [6.45, 7) is 1.53. The summed E-state index contributed by atoms with van der Waals surface area (Å²) in [7, 11) is 0. The van der Waals surface area contributed by atoms with Gasteiger partial charge in [-0.15, -0.1) is 0 Å². The van der Waals surface area contributed by atoms with E-state index >= 15 is 0 Å². The predicted molar refractivity (Wildman–Crippen MR) is 122 cm³/mol. The first-order valence-electron chi connectivity index (χ1n) is 10.7. The summed E-state index contributed by atoms with van der Waals surface area (Å²) in [5.41, 5.74) is 1.59. The minimum Gasteiger partial charge on any atom is -0.363 e. The Morgan fingerprint density at radius 2 is 1.69 bits per heavy atom. The fourth-order valence-corrected chi connectivity index (χ4v) is 3.75. The molecule has 0 saturated carbocycles. The Hall–Kier alpha value is -4.34. The summed E-state index contributed by atoms with van der Waals surface area (Å²) in [5, 5.41) is 7.94. The number of rotatable bonds is 6. The molecule has 2 aromatic carbocycles. The molecule has 10 heteroatoms. The summed E-state index contributed by atoms with van der Waals surface area (Å²) in [4.78, 5) is 12.9. The fourth-order valence-electron chi connectivity index (χ4n) is 3.75. The predicted octanol–water partition coefficient (Wildman–Crippen LogP) is 5.41. The van der Waals surface area contributed by atoms with Crippen molar-refractivity contribution in [1.82, 2.24) is 24.7 Å². The molecule has 176 valence electrons. The quantitative estimate of drug-likeness (QED) is 0.331. The first-order chi connectivity index (χ1) is 16.9. The number of pyridine rings is 1. The Labute approximate surface area is 197 Å². The monoisotopic (exact) mass is 478 g/mol. The van der Waals surface area contributed by atoms with Gasteiger partial charge in [-0.3, -0.25) is 0 Å². The highest BCUT2D eigenvalue weighted by Gasteiger charge is 2.20. The zero-order chi connectivity index (χ0) is 24.5. The molecule has 0 spiro atoms. The molecule has 0 bridgehead atoms. The number of halogens is 4. The lowest BCUT2D eigenvalue weighted by Gasteiger charge is -2.10. The number of fused-ring (bicyclic) bond motifs is 1. The van der Waals surface area contributed by atoms with E-state index in [1.165, 1.54) is 17.7 Å². The molecule has 0 saturated heterocycles. The fraction of sp³-hybridized carbons (Fsp3) is 0.120. The molecule has 35 heavy (non-hydrogen) atoms. The van der Waals surface area contributed by atoms with Crippen LogP contribution in [0.2, 0.25) is 0 Å². The van der Waals surface area contributed by atoms with Gasteiger partial charge in [-0.05, 0) is 42.8 Å². The number of benzene rings is 2. The summed E-state index contributed by atoms with van der Waals surface area (Å²) < 4.78 is 57.6. The number of nitrogens with one attached hydrogen (secondary N) is 1. The van der Waals surface area contributed by atoms with Crippen LogP contribution in [0.4, 0.5) is 23.4 Å². The first kappa shape index (κ1) is 22.5.